The summed E-state index contributed by atoms with van der Waals surface area (Å²) in [5, 5.41) is 19.7. The number of aliphatic hydroxyl groups excluding tert-OH is 1. The first-order chi connectivity index (χ1) is 8.04. The van der Waals surface area contributed by atoms with Gasteiger partial charge in [0, 0.05) is 12.1 Å². The second-order valence-corrected chi connectivity index (χ2v) is 3.10. The van der Waals surface area contributed by atoms with Crippen molar-refractivity contribution in [3.05, 3.63) is 45.7 Å². The maximum atomic E-state index is 11.1. The van der Waals surface area contributed by atoms with Crippen molar-refractivity contribution in [1.82, 2.24) is 0 Å². The molecular formula is C11H11NO5. The molecule has 1 rings (SSSR count). The lowest BCUT2D eigenvalue weighted by Gasteiger charge is -2.00. The number of nitrogens with zero attached hydrogens (tertiary/aromatic N) is 1. The van der Waals surface area contributed by atoms with E-state index in [1.54, 1.807) is 6.92 Å². The average Bonchev–Trinajstić information content (AvgIpc) is 2.30. The number of non-ortho nitro benzene ring substituents is 1. The van der Waals surface area contributed by atoms with Crippen LogP contribution in [0, 0.1) is 10.1 Å². The standard InChI is InChI=1S/C11H11NO5/c1-2-17-11(14)10(13)7-8-3-5-9(6-4-8)12(15)16/h3-7,13H,2H2,1H3. The molecule has 1 aromatic carbocycles. The van der Waals surface area contributed by atoms with Gasteiger partial charge in [-0.3, -0.25) is 10.1 Å². The highest BCUT2D eigenvalue weighted by Gasteiger charge is 2.08. The first-order valence-corrected chi connectivity index (χ1v) is 4.87. The zero-order valence-corrected chi connectivity index (χ0v) is 9.12. The van der Waals surface area contributed by atoms with Crippen molar-refractivity contribution in [2.45, 2.75) is 6.92 Å². The predicted octanol–water partition coefficient (Wildman–Crippen LogP) is 2.06. The Balaban J connectivity index is 2.84. The molecule has 0 atom stereocenters. The summed E-state index contributed by atoms with van der Waals surface area (Å²) < 4.78 is 4.57. The van der Waals surface area contributed by atoms with Crippen molar-refractivity contribution in [3.63, 3.8) is 0 Å². The van der Waals surface area contributed by atoms with E-state index < -0.39 is 16.7 Å². The van der Waals surface area contributed by atoms with Gasteiger partial charge < -0.3 is 9.84 Å². The maximum absolute atomic E-state index is 11.1. The molecule has 6 nitrogen and oxygen atoms in total. The van der Waals surface area contributed by atoms with Crippen LogP contribution >= 0.6 is 0 Å². The molecule has 1 aromatic rings. The molecule has 6 heteroatoms. The van der Waals surface area contributed by atoms with E-state index in [1.807, 2.05) is 0 Å². The Bertz CT molecular complexity index is 449. The van der Waals surface area contributed by atoms with Crippen molar-refractivity contribution in [2.75, 3.05) is 6.61 Å². The van der Waals surface area contributed by atoms with Crippen LogP contribution in [0.2, 0.25) is 0 Å². The summed E-state index contributed by atoms with van der Waals surface area (Å²) in [6.07, 6.45) is 1.18. The number of hydrogen-bond donors (Lipinski definition) is 1. The molecule has 0 bridgehead atoms. The van der Waals surface area contributed by atoms with Gasteiger partial charge in [-0.25, -0.2) is 4.79 Å². The molecule has 0 saturated carbocycles. The van der Waals surface area contributed by atoms with Gasteiger partial charge in [0.15, 0.2) is 0 Å². The highest BCUT2D eigenvalue weighted by molar-refractivity contribution is 5.90. The van der Waals surface area contributed by atoms with Gasteiger partial charge in [0.25, 0.3) is 5.69 Å². The zero-order chi connectivity index (χ0) is 12.8. The van der Waals surface area contributed by atoms with Crippen LogP contribution in [0.4, 0.5) is 5.69 Å². The number of nitro benzene ring substituents is 1. The Kier molecular flexibility index (Phi) is 4.21. The third kappa shape index (κ3) is 3.60. The summed E-state index contributed by atoms with van der Waals surface area (Å²) in [4.78, 5) is 20.9. The molecule has 0 spiro atoms. The Morgan fingerprint density at radius 2 is 2.06 bits per heavy atom. The highest BCUT2D eigenvalue weighted by atomic mass is 16.6. The number of carbonyl (C=O) groups excluding carboxylic acids is 1. The van der Waals surface area contributed by atoms with Gasteiger partial charge in [0.05, 0.1) is 11.5 Å². The third-order valence-electron chi connectivity index (χ3n) is 1.89. The summed E-state index contributed by atoms with van der Waals surface area (Å²) in [7, 11) is 0. The van der Waals surface area contributed by atoms with E-state index >= 15 is 0 Å². The van der Waals surface area contributed by atoms with Crippen molar-refractivity contribution < 1.29 is 19.6 Å². The second kappa shape index (κ2) is 5.64. The fourth-order valence-corrected chi connectivity index (χ4v) is 1.11. The number of nitro groups is 1. The average molecular weight is 237 g/mol. The molecule has 0 amide bonds. The van der Waals surface area contributed by atoms with Gasteiger partial charge in [-0.2, -0.15) is 0 Å². The molecule has 0 aliphatic carbocycles. The molecule has 0 aliphatic rings. The van der Waals surface area contributed by atoms with E-state index in [-0.39, 0.29) is 12.3 Å². The lowest BCUT2D eigenvalue weighted by Crippen LogP contribution is -2.06. The van der Waals surface area contributed by atoms with Crippen molar-refractivity contribution in [2.24, 2.45) is 0 Å². The van der Waals surface area contributed by atoms with Crippen LogP contribution < -0.4 is 0 Å². The molecular weight excluding hydrogens is 226 g/mol. The third-order valence-corrected chi connectivity index (χ3v) is 1.89. The topological polar surface area (TPSA) is 89.7 Å². The van der Waals surface area contributed by atoms with Crippen LogP contribution in [0.5, 0.6) is 0 Å². The largest absolute Gasteiger partial charge is 0.502 e. The van der Waals surface area contributed by atoms with E-state index in [0.29, 0.717) is 5.56 Å². The first-order valence-electron chi connectivity index (χ1n) is 4.87. The molecule has 0 unspecified atom stereocenters. The van der Waals surface area contributed by atoms with Gasteiger partial charge in [-0.1, -0.05) is 0 Å². The normalized spacial score (nSPS) is 11.0. The molecule has 17 heavy (non-hydrogen) atoms. The van der Waals surface area contributed by atoms with E-state index in [9.17, 15) is 20.0 Å². The number of aliphatic hydroxyl groups is 1. The summed E-state index contributed by atoms with van der Waals surface area (Å²) >= 11 is 0. The monoisotopic (exact) mass is 237 g/mol. The van der Waals surface area contributed by atoms with E-state index in [1.165, 1.54) is 30.3 Å². The maximum Gasteiger partial charge on any atom is 0.373 e. The van der Waals surface area contributed by atoms with Crippen LogP contribution in [0.1, 0.15) is 12.5 Å². The van der Waals surface area contributed by atoms with Crippen LogP contribution in [-0.4, -0.2) is 22.6 Å². The van der Waals surface area contributed by atoms with E-state index in [2.05, 4.69) is 4.74 Å². The smallest absolute Gasteiger partial charge is 0.373 e. The zero-order valence-electron chi connectivity index (χ0n) is 9.12. The molecule has 0 saturated heterocycles. The number of hydrogen-bond acceptors (Lipinski definition) is 5. The highest BCUT2D eigenvalue weighted by Crippen LogP contribution is 2.14. The lowest BCUT2D eigenvalue weighted by atomic mass is 10.2. The molecule has 90 valence electrons. The SMILES string of the molecule is CCOC(=O)C(O)=Cc1ccc([N+](=O)[O-])cc1. The van der Waals surface area contributed by atoms with Gasteiger partial charge in [0.2, 0.25) is 5.76 Å². The van der Waals surface area contributed by atoms with E-state index in [4.69, 9.17) is 0 Å². The van der Waals surface area contributed by atoms with Crippen molar-refractivity contribution in [3.8, 4) is 0 Å². The molecule has 0 heterocycles. The van der Waals surface area contributed by atoms with E-state index in [0.717, 1.165) is 0 Å². The number of carbonyl (C=O) groups is 1. The Morgan fingerprint density at radius 3 is 2.53 bits per heavy atom. The summed E-state index contributed by atoms with van der Waals surface area (Å²) in [6, 6.07) is 5.41. The van der Waals surface area contributed by atoms with Gasteiger partial charge in [-0.15, -0.1) is 0 Å². The minimum Gasteiger partial charge on any atom is -0.502 e. The molecule has 1 N–H and O–H groups in total. The van der Waals surface area contributed by atoms with Crippen LogP contribution in [0.3, 0.4) is 0 Å². The van der Waals surface area contributed by atoms with Crippen molar-refractivity contribution >= 4 is 17.7 Å². The molecule has 0 aromatic heterocycles. The fraction of sp³-hybridized carbons (Fsp3) is 0.182. The fourth-order valence-electron chi connectivity index (χ4n) is 1.11. The van der Waals surface area contributed by atoms with Gasteiger partial charge in [-0.05, 0) is 30.7 Å². The summed E-state index contributed by atoms with van der Waals surface area (Å²) in [5.41, 5.74) is 0.416. The van der Waals surface area contributed by atoms with Gasteiger partial charge in [0.1, 0.15) is 0 Å². The number of ether oxygens (including phenoxy) is 1. The Labute approximate surface area is 97.3 Å². The molecule has 0 aliphatic heterocycles. The van der Waals surface area contributed by atoms with Gasteiger partial charge >= 0.3 is 5.97 Å². The molecule has 0 fully saturated rings. The molecule has 0 radical (unpaired) electrons. The lowest BCUT2D eigenvalue weighted by molar-refractivity contribution is -0.384. The van der Waals surface area contributed by atoms with Crippen LogP contribution in [-0.2, 0) is 9.53 Å². The second-order valence-electron chi connectivity index (χ2n) is 3.10. The Hall–Kier alpha value is -2.37. The minimum absolute atomic E-state index is 0.0576. The number of benzene rings is 1. The van der Waals surface area contributed by atoms with Crippen LogP contribution in [0.25, 0.3) is 6.08 Å². The van der Waals surface area contributed by atoms with Crippen molar-refractivity contribution in [1.29, 1.82) is 0 Å². The van der Waals surface area contributed by atoms with Crippen LogP contribution in [0.15, 0.2) is 30.0 Å². The Morgan fingerprint density at radius 1 is 1.47 bits per heavy atom. The number of rotatable bonds is 4. The first kappa shape index (κ1) is 12.7. The summed E-state index contributed by atoms with van der Waals surface area (Å²) in [5.74, 6) is -1.37. The summed E-state index contributed by atoms with van der Waals surface area (Å²) in [6.45, 7) is 1.79. The minimum atomic E-state index is -0.828. The predicted molar refractivity (Wildman–Crippen MR) is 60.3 cm³/mol. The number of esters is 1. The quantitative estimate of drug-likeness (QED) is 0.284.